The molecule has 0 N–H and O–H groups in total. The van der Waals surface area contributed by atoms with Gasteiger partial charge in [-0.15, -0.1) is 0 Å². The molecule has 7 rings (SSSR count). The van der Waals surface area contributed by atoms with Crippen LogP contribution in [-0.2, 0) is 0 Å². The zero-order valence-electron chi connectivity index (χ0n) is 20.3. The number of aryl methyl sites for hydroxylation is 3. The van der Waals surface area contributed by atoms with Crippen LogP contribution in [0.15, 0.2) is 103 Å². The van der Waals surface area contributed by atoms with Gasteiger partial charge in [0.2, 0.25) is 6.71 Å². The molecule has 2 heterocycles. The minimum atomic E-state index is 0.260. The van der Waals surface area contributed by atoms with E-state index in [4.69, 9.17) is 0 Å². The van der Waals surface area contributed by atoms with Crippen LogP contribution >= 0.6 is 0 Å². The normalized spacial score (nSPS) is 12.9. The summed E-state index contributed by atoms with van der Waals surface area (Å²) in [5.41, 5.74) is 17.4. The molecule has 2 aliphatic rings. The summed E-state index contributed by atoms with van der Waals surface area (Å²) in [6.45, 7) is 7.01. The molecule has 0 radical (unpaired) electrons. The van der Waals surface area contributed by atoms with Crippen LogP contribution in [-0.4, -0.2) is 6.71 Å². The molecule has 35 heavy (non-hydrogen) atoms. The average Bonchev–Trinajstić information content (AvgIpc) is 3.22. The van der Waals surface area contributed by atoms with Crippen LogP contribution in [0.4, 0.5) is 17.1 Å². The molecule has 0 bridgehead atoms. The van der Waals surface area contributed by atoms with E-state index < -0.39 is 0 Å². The van der Waals surface area contributed by atoms with Crippen molar-refractivity contribution in [1.82, 2.24) is 0 Å². The predicted octanol–water partition coefficient (Wildman–Crippen LogP) is 6.56. The highest BCUT2D eigenvalue weighted by molar-refractivity contribution is 7.01. The third kappa shape index (κ3) is 2.83. The molecule has 2 heteroatoms. The van der Waals surface area contributed by atoms with Crippen LogP contribution in [0.3, 0.4) is 0 Å². The summed E-state index contributed by atoms with van der Waals surface area (Å²) >= 11 is 0. The van der Waals surface area contributed by atoms with Gasteiger partial charge in [-0.3, -0.25) is 0 Å². The van der Waals surface area contributed by atoms with Gasteiger partial charge in [-0.05, 0) is 83.3 Å². The van der Waals surface area contributed by atoms with Gasteiger partial charge in [-0.2, -0.15) is 0 Å². The number of para-hydroxylation sites is 2. The lowest BCUT2D eigenvalue weighted by Gasteiger charge is -2.38. The predicted molar refractivity (Wildman–Crippen MR) is 151 cm³/mol. The molecule has 0 amide bonds. The van der Waals surface area contributed by atoms with Gasteiger partial charge in [0.25, 0.3) is 0 Å². The van der Waals surface area contributed by atoms with Gasteiger partial charge in [0, 0.05) is 17.1 Å². The van der Waals surface area contributed by atoms with Crippen molar-refractivity contribution in [3.05, 3.63) is 120 Å². The van der Waals surface area contributed by atoms with Crippen molar-refractivity contribution in [3.63, 3.8) is 0 Å². The van der Waals surface area contributed by atoms with Crippen molar-refractivity contribution in [3.8, 4) is 22.3 Å². The van der Waals surface area contributed by atoms with E-state index in [9.17, 15) is 0 Å². The molecule has 1 nitrogen and oxygen atoms in total. The number of rotatable bonds is 2. The number of hydrogen-bond donors (Lipinski definition) is 0. The zero-order chi connectivity index (χ0) is 23.7. The van der Waals surface area contributed by atoms with E-state index in [2.05, 4.69) is 129 Å². The SMILES string of the molecule is Cc1ccccc1N1c2cc(-c3ccccc3)cc3c2B(c2cccc(C)c21)c1c(C)cccc1-3. The van der Waals surface area contributed by atoms with Crippen LogP contribution < -0.4 is 21.3 Å². The van der Waals surface area contributed by atoms with E-state index in [-0.39, 0.29) is 6.71 Å². The molecule has 5 aromatic carbocycles. The van der Waals surface area contributed by atoms with E-state index in [1.54, 1.807) is 0 Å². The number of fused-ring (bicyclic) bond motifs is 5. The molecule has 0 fully saturated rings. The van der Waals surface area contributed by atoms with Crippen molar-refractivity contribution in [2.24, 2.45) is 0 Å². The molecule has 0 aromatic heterocycles. The summed E-state index contributed by atoms with van der Waals surface area (Å²) in [6, 6.07) is 38.0. The average molecular weight is 447 g/mol. The summed E-state index contributed by atoms with van der Waals surface area (Å²) < 4.78 is 0. The topological polar surface area (TPSA) is 3.24 Å². The zero-order valence-corrected chi connectivity index (χ0v) is 20.3. The highest BCUT2D eigenvalue weighted by Gasteiger charge is 2.43. The quantitative estimate of drug-likeness (QED) is 0.272. The van der Waals surface area contributed by atoms with Crippen molar-refractivity contribution in [2.45, 2.75) is 20.8 Å². The molecule has 0 saturated heterocycles. The summed E-state index contributed by atoms with van der Waals surface area (Å²) in [6.07, 6.45) is 0. The summed E-state index contributed by atoms with van der Waals surface area (Å²) in [7, 11) is 0. The van der Waals surface area contributed by atoms with E-state index in [0.29, 0.717) is 0 Å². The molecule has 0 spiro atoms. The third-order valence-electron chi connectivity index (χ3n) is 7.86. The molecule has 166 valence electrons. The van der Waals surface area contributed by atoms with Gasteiger partial charge in [0.05, 0.1) is 0 Å². The first-order chi connectivity index (χ1) is 17.1. The lowest BCUT2D eigenvalue weighted by Crippen LogP contribution is -2.55. The maximum atomic E-state index is 2.53. The van der Waals surface area contributed by atoms with E-state index >= 15 is 0 Å². The van der Waals surface area contributed by atoms with Gasteiger partial charge in [-0.1, -0.05) is 96.0 Å². The fourth-order valence-electron chi connectivity index (χ4n) is 6.31. The molecule has 0 atom stereocenters. The lowest BCUT2D eigenvalue weighted by molar-refractivity contribution is 1.24. The van der Waals surface area contributed by atoms with Crippen molar-refractivity contribution >= 4 is 40.2 Å². The molecule has 5 aromatic rings. The first-order valence-corrected chi connectivity index (χ1v) is 12.4. The molecular formula is C33H26BN. The van der Waals surface area contributed by atoms with Gasteiger partial charge < -0.3 is 4.90 Å². The Morgan fingerprint density at radius 2 is 1.23 bits per heavy atom. The third-order valence-corrected chi connectivity index (χ3v) is 7.86. The highest BCUT2D eigenvalue weighted by Crippen LogP contribution is 2.44. The minimum Gasteiger partial charge on any atom is -0.311 e. The number of benzene rings is 5. The second kappa shape index (κ2) is 7.48. The molecule has 2 aliphatic heterocycles. The summed E-state index contributed by atoms with van der Waals surface area (Å²) in [5, 5.41) is 0. The molecular weight excluding hydrogens is 421 g/mol. The standard InChI is InChI=1S/C33H26BN/c1-21-11-7-8-18-29(21)35-30-20-25(24-14-5-4-6-15-24)19-27-26-16-9-12-22(2)31(26)34(32(27)30)28-17-10-13-23(3)33(28)35/h4-20H,1-3H3. The van der Waals surface area contributed by atoms with E-state index in [0.717, 1.165) is 0 Å². The molecule has 0 unspecified atom stereocenters. The Hall–Kier alpha value is -4.04. The van der Waals surface area contributed by atoms with Crippen molar-refractivity contribution in [1.29, 1.82) is 0 Å². The first kappa shape index (κ1) is 20.3. The van der Waals surface area contributed by atoms with Gasteiger partial charge in [-0.25, -0.2) is 0 Å². The van der Waals surface area contributed by atoms with Crippen molar-refractivity contribution < 1.29 is 0 Å². The number of hydrogen-bond acceptors (Lipinski definition) is 1. The smallest absolute Gasteiger partial charge is 0.248 e. The van der Waals surface area contributed by atoms with Crippen LogP contribution in [0.2, 0.25) is 0 Å². The van der Waals surface area contributed by atoms with Crippen LogP contribution in [0.25, 0.3) is 22.3 Å². The Morgan fingerprint density at radius 1 is 0.514 bits per heavy atom. The molecule has 0 aliphatic carbocycles. The van der Waals surface area contributed by atoms with E-state index in [1.165, 1.54) is 72.4 Å². The maximum absolute atomic E-state index is 2.53. The van der Waals surface area contributed by atoms with Crippen LogP contribution in [0.5, 0.6) is 0 Å². The monoisotopic (exact) mass is 447 g/mol. The van der Waals surface area contributed by atoms with Gasteiger partial charge >= 0.3 is 0 Å². The summed E-state index contributed by atoms with van der Waals surface area (Å²) in [5.74, 6) is 0. The fraction of sp³-hybridized carbons (Fsp3) is 0.0909. The second-order valence-corrected chi connectivity index (χ2v) is 9.93. The first-order valence-electron chi connectivity index (χ1n) is 12.4. The Labute approximate surface area is 207 Å². The maximum Gasteiger partial charge on any atom is 0.248 e. The second-order valence-electron chi connectivity index (χ2n) is 9.93. The number of anilines is 3. The largest absolute Gasteiger partial charge is 0.311 e. The highest BCUT2D eigenvalue weighted by atomic mass is 15.2. The summed E-state index contributed by atoms with van der Waals surface area (Å²) in [4.78, 5) is 2.53. The van der Waals surface area contributed by atoms with Gasteiger partial charge in [0.1, 0.15) is 0 Å². The lowest BCUT2D eigenvalue weighted by atomic mass is 9.36. The Bertz CT molecular complexity index is 1630. The van der Waals surface area contributed by atoms with Crippen LogP contribution in [0.1, 0.15) is 16.7 Å². The Balaban J connectivity index is 1.64. The van der Waals surface area contributed by atoms with Crippen molar-refractivity contribution in [2.75, 3.05) is 4.90 Å². The molecule has 0 saturated carbocycles. The number of nitrogens with zero attached hydrogens (tertiary/aromatic N) is 1. The Kier molecular flexibility index (Phi) is 4.35. The van der Waals surface area contributed by atoms with E-state index in [1.807, 2.05) is 0 Å². The fourth-order valence-corrected chi connectivity index (χ4v) is 6.31. The van der Waals surface area contributed by atoms with Gasteiger partial charge in [0.15, 0.2) is 0 Å². The van der Waals surface area contributed by atoms with Crippen LogP contribution in [0, 0.1) is 20.8 Å². The minimum absolute atomic E-state index is 0.260. The Morgan fingerprint density at radius 3 is 2.06 bits per heavy atom.